The molecule has 0 aliphatic rings. The van der Waals surface area contributed by atoms with Gasteiger partial charge < -0.3 is 5.32 Å². The van der Waals surface area contributed by atoms with Gasteiger partial charge in [0, 0.05) is 23.2 Å². The van der Waals surface area contributed by atoms with Crippen LogP contribution in [0.15, 0.2) is 23.8 Å². The molecule has 0 heterocycles. The van der Waals surface area contributed by atoms with Gasteiger partial charge in [0.05, 0.1) is 0 Å². The van der Waals surface area contributed by atoms with Crippen LogP contribution in [-0.4, -0.2) is 12.6 Å². The van der Waals surface area contributed by atoms with Crippen molar-refractivity contribution in [1.29, 1.82) is 0 Å². The van der Waals surface area contributed by atoms with Crippen molar-refractivity contribution in [3.8, 4) is 0 Å². The summed E-state index contributed by atoms with van der Waals surface area (Å²) in [6, 6.07) is 5.04. The van der Waals surface area contributed by atoms with Gasteiger partial charge in [-0.15, -0.1) is 0 Å². The van der Waals surface area contributed by atoms with Crippen molar-refractivity contribution in [3.05, 3.63) is 40.2 Å². The second-order valence-electron chi connectivity index (χ2n) is 5.08. The maximum Gasteiger partial charge on any atom is 0.130 e. The van der Waals surface area contributed by atoms with Gasteiger partial charge in [-0.2, -0.15) is 0 Å². The fraction of sp³-hybridized carbons (Fsp3) is 0.467. The highest BCUT2D eigenvalue weighted by Gasteiger charge is 2.07. The molecule has 0 saturated carbocycles. The smallest absolute Gasteiger partial charge is 0.130 e. The molecule has 100 valence electrons. The molecule has 0 atom stereocenters. The van der Waals surface area contributed by atoms with E-state index in [-0.39, 0.29) is 5.82 Å². The Bertz CT molecular complexity index is 425. The highest BCUT2D eigenvalue weighted by molar-refractivity contribution is 6.30. The molecule has 1 N–H and O–H groups in total. The van der Waals surface area contributed by atoms with Crippen LogP contribution in [0, 0.1) is 11.7 Å². The topological polar surface area (TPSA) is 12.0 Å². The Hall–Kier alpha value is -0.860. The Labute approximate surface area is 114 Å². The van der Waals surface area contributed by atoms with Crippen LogP contribution in [0.4, 0.5) is 4.39 Å². The van der Waals surface area contributed by atoms with Crippen molar-refractivity contribution < 1.29 is 4.39 Å². The van der Waals surface area contributed by atoms with E-state index < -0.39 is 0 Å². The van der Waals surface area contributed by atoms with Gasteiger partial charge in [0.15, 0.2) is 0 Å². The zero-order chi connectivity index (χ0) is 13.7. The fourth-order valence-electron chi connectivity index (χ4n) is 1.57. The SMILES string of the molecule is CC(C)NC/C(=C/c1cc(Cl)ccc1F)C(C)C. The maximum absolute atomic E-state index is 13.7. The van der Waals surface area contributed by atoms with Crippen molar-refractivity contribution in [1.82, 2.24) is 5.32 Å². The van der Waals surface area contributed by atoms with E-state index in [9.17, 15) is 4.39 Å². The van der Waals surface area contributed by atoms with Crippen LogP contribution in [0.3, 0.4) is 0 Å². The average molecular weight is 270 g/mol. The lowest BCUT2D eigenvalue weighted by Crippen LogP contribution is -2.26. The van der Waals surface area contributed by atoms with Crippen molar-refractivity contribution in [3.63, 3.8) is 0 Å². The van der Waals surface area contributed by atoms with Crippen LogP contribution in [-0.2, 0) is 0 Å². The van der Waals surface area contributed by atoms with E-state index in [1.807, 2.05) is 6.08 Å². The summed E-state index contributed by atoms with van der Waals surface area (Å²) < 4.78 is 13.7. The minimum absolute atomic E-state index is 0.234. The highest BCUT2D eigenvalue weighted by atomic mass is 35.5. The first-order chi connectivity index (χ1) is 8.40. The summed E-state index contributed by atoms with van der Waals surface area (Å²) in [5.41, 5.74) is 1.72. The van der Waals surface area contributed by atoms with Crippen LogP contribution < -0.4 is 5.32 Å². The summed E-state index contributed by atoms with van der Waals surface area (Å²) in [6.07, 6.45) is 1.89. The molecule has 1 aromatic rings. The third-order valence-corrected chi connectivity index (χ3v) is 2.99. The molecule has 0 saturated heterocycles. The second-order valence-corrected chi connectivity index (χ2v) is 5.51. The third kappa shape index (κ3) is 4.79. The molecule has 1 aromatic carbocycles. The number of hydrogen-bond donors (Lipinski definition) is 1. The van der Waals surface area contributed by atoms with Gasteiger partial charge in [-0.1, -0.05) is 50.9 Å². The maximum atomic E-state index is 13.7. The van der Waals surface area contributed by atoms with E-state index in [2.05, 4.69) is 33.0 Å². The molecule has 1 rings (SSSR count). The summed E-state index contributed by atoms with van der Waals surface area (Å²) in [5, 5.41) is 3.92. The number of rotatable bonds is 5. The summed E-state index contributed by atoms with van der Waals surface area (Å²) in [6.45, 7) is 9.17. The van der Waals surface area contributed by atoms with E-state index in [4.69, 9.17) is 11.6 Å². The first-order valence-electron chi connectivity index (χ1n) is 6.29. The van der Waals surface area contributed by atoms with Gasteiger partial charge >= 0.3 is 0 Å². The Morgan fingerprint density at radius 3 is 2.56 bits per heavy atom. The first kappa shape index (κ1) is 15.2. The van der Waals surface area contributed by atoms with Gasteiger partial charge in [-0.3, -0.25) is 0 Å². The Morgan fingerprint density at radius 2 is 2.00 bits per heavy atom. The second kappa shape index (κ2) is 6.91. The van der Waals surface area contributed by atoms with Crippen molar-refractivity contribution >= 4 is 17.7 Å². The van der Waals surface area contributed by atoms with E-state index in [1.165, 1.54) is 11.6 Å². The molecule has 0 fully saturated rings. The zero-order valence-electron chi connectivity index (χ0n) is 11.4. The molecule has 0 bridgehead atoms. The molecule has 3 heteroatoms. The average Bonchev–Trinajstić information content (AvgIpc) is 2.28. The van der Waals surface area contributed by atoms with Crippen LogP contribution >= 0.6 is 11.6 Å². The van der Waals surface area contributed by atoms with E-state index in [0.29, 0.717) is 22.5 Å². The molecule has 0 amide bonds. The lowest BCUT2D eigenvalue weighted by molar-refractivity contribution is 0.592. The van der Waals surface area contributed by atoms with Gasteiger partial charge in [-0.25, -0.2) is 4.39 Å². The molecular weight excluding hydrogens is 249 g/mol. The Balaban J connectivity index is 2.96. The summed E-state index contributed by atoms with van der Waals surface area (Å²) in [5.74, 6) is 0.136. The number of nitrogens with one attached hydrogen (secondary N) is 1. The van der Waals surface area contributed by atoms with Crippen molar-refractivity contribution in [2.45, 2.75) is 33.7 Å². The Morgan fingerprint density at radius 1 is 1.33 bits per heavy atom. The largest absolute Gasteiger partial charge is 0.311 e. The minimum atomic E-state index is -0.234. The quantitative estimate of drug-likeness (QED) is 0.829. The summed E-state index contributed by atoms with van der Waals surface area (Å²) in [4.78, 5) is 0. The number of hydrogen-bond acceptors (Lipinski definition) is 1. The highest BCUT2D eigenvalue weighted by Crippen LogP contribution is 2.20. The number of halogens is 2. The molecule has 0 aromatic heterocycles. The van der Waals surface area contributed by atoms with Crippen LogP contribution in [0.5, 0.6) is 0 Å². The van der Waals surface area contributed by atoms with Gasteiger partial charge in [0.2, 0.25) is 0 Å². The summed E-state index contributed by atoms with van der Waals surface area (Å²) >= 11 is 5.90. The molecule has 0 aliphatic carbocycles. The molecule has 1 nitrogen and oxygen atoms in total. The van der Waals surface area contributed by atoms with Crippen molar-refractivity contribution in [2.24, 2.45) is 5.92 Å². The monoisotopic (exact) mass is 269 g/mol. The lowest BCUT2D eigenvalue weighted by Gasteiger charge is -2.15. The third-order valence-electron chi connectivity index (χ3n) is 2.75. The predicted octanol–water partition coefficient (Wildman–Crippen LogP) is 4.52. The molecule has 0 spiro atoms. The normalized spacial score (nSPS) is 12.6. The lowest BCUT2D eigenvalue weighted by atomic mass is 10.00. The van der Waals surface area contributed by atoms with Gasteiger partial charge in [0.25, 0.3) is 0 Å². The number of benzene rings is 1. The molecule has 18 heavy (non-hydrogen) atoms. The van der Waals surface area contributed by atoms with E-state index in [1.54, 1.807) is 12.1 Å². The van der Waals surface area contributed by atoms with Crippen LogP contribution in [0.1, 0.15) is 33.3 Å². The van der Waals surface area contributed by atoms with Crippen molar-refractivity contribution in [2.75, 3.05) is 6.54 Å². The standard InChI is InChI=1S/C15H21ClFN/c1-10(2)13(9-18-11(3)4)7-12-8-14(16)5-6-15(12)17/h5-8,10-11,18H,9H2,1-4H3/b13-7-. The predicted molar refractivity (Wildman–Crippen MR) is 77.4 cm³/mol. The molecule has 0 unspecified atom stereocenters. The Kier molecular flexibility index (Phi) is 5.83. The van der Waals surface area contributed by atoms with Gasteiger partial charge in [0.1, 0.15) is 5.82 Å². The van der Waals surface area contributed by atoms with E-state index in [0.717, 1.165) is 6.54 Å². The molecule has 0 radical (unpaired) electrons. The van der Waals surface area contributed by atoms with Crippen LogP contribution in [0.25, 0.3) is 6.08 Å². The van der Waals surface area contributed by atoms with Gasteiger partial charge in [-0.05, 0) is 24.1 Å². The zero-order valence-corrected chi connectivity index (χ0v) is 12.2. The van der Waals surface area contributed by atoms with E-state index >= 15 is 0 Å². The fourth-order valence-corrected chi connectivity index (χ4v) is 1.75. The molecule has 0 aliphatic heterocycles. The van der Waals surface area contributed by atoms with Crippen LogP contribution in [0.2, 0.25) is 5.02 Å². The minimum Gasteiger partial charge on any atom is -0.311 e. The summed E-state index contributed by atoms with van der Waals surface area (Å²) in [7, 11) is 0. The molecular formula is C15H21ClFN. The first-order valence-corrected chi connectivity index (χ1v) is 6.67.